The standard InChI is InChI=1S/C18H21N3O2/c1-12-11-14(7-8-15(12)18(23)20-2)17(22)21-16-6-4-3-5-13(16)9-10-19/h3-8,11H,9-10,19H2,1-2H3,(H,20,23)(H,21,22). The topological polar surface area (TPSA) is 84.2 Å². The molecule has 5 nitrogen and oxygen atoms in total. The molecule has 0 unspecified atom stereocenters. The number of amides is 2. The van der Waals surface area contributed by atoms with Crippen LogP contribution < -0.4 is 16.4 Å². The Bertz CT molecular complexity index is 726. The van der Waals surface area contributed by atoms with Gasteiger partial charge in [-0.3, -0.25) is 9.59 Å². The smallest absolute Gasteiger partial charge is 0.255 e. The number of aryl methyl sites for hydroxylation is 1. The van der Waals surface area contributed by atoms with Crippen LogP contribution in [-0.2, 0) is 6.42 Å². The van der Waals surface area contributed by atoms with Crippen LogP contribution >= 0.6 is 0 Å². The number of nitrogens with one attached hydrogen (secondary N) is 2. The number of anilines is 1. The van der Waals surface area contributed by atoms with Gasteiger partial charge < -0.3 is 16.4 Å². The molecule has 4 N–H and O–H groups in total. The number of benzene rings is 2. The minimum atomic E-state index is -0.207. The normalized spacial score (nSPS) is 10.2. The Morgan fingerprint density at radius 1 is 1.09 bits per heavy atom. The van der Waals surface area contributed by atoms with Crippen LogP contribution in [0.25, 0.3) is 0 Å². The highest BCUT2D eigenvalue weighted by atomic mass is 16.2. The molecule has 0 saturated heterocycles. The maximum Gasteiger partial charge on any atom is 0.255 e. The van der Waals surface area contributed by atoms with Crippen LogP contribution in [0.5, 0.6) is 0 Å². The maximum absolute atomic E-state index is 12.4. The molecule has 23 heavy (non-hydrogen) atoms. The van der Waals surface area contributed by atoms with E-state index in [4.69, 9.17) is 5.73 Å². The van der Waals surface area contributed by atoms with Crippen LogP contribution in [0.4, 0.5) is 5.69 Å². The third-order valence-electron chi connectivity index (χ3n) is 3.64. The van der Waals surface area contributed by atoms with Crippen LogP contribution in [-0.4, -0.2) is 25.4 Å². The predicted octanol–water partition coefficient (Wildman–Crippen LogP) is 2.11. The molecule has 0 spiro atoms. The van der Waals surface area contributed by atoms with Crippen LogP contribution in [0.15, 0.2) is 42.5 Å². The minimum absolute atomic E-state index is 0.164. The lowest BCUT2D eigenvalue weighted by molar-refractivity contribution is 0.0960. The zero-order valence-electron chi connectivity index (χ0n) is 13.3. The van der Waals surface area contributed by atoms with Gasteiger partial charge in [0.25, 0.3) is 11.8 Å². The van der Waals surface area contributed by atoms with Crippen LogP contribution in [0.1, 0.15) is 31.8 Å². The molecule has 0 bridgehead atoms. The van der Waals surface area contributed by atoms with Gasteiger partial charge in [0, 0.05) is 23.9 Å². The third-order valence-corrected chi connectivity index (χ3v) is 3.64. The van der Waals surface area contributed by atoms with Crippen LogP contribution in [0.3, 0.4) is 0 Å². The van der Waals surface area contributed by atoms with Gasteiger partial charge in [-0.05, 0) is 55.3 Å². The molecule has 2 aromatic rings. The van der Waals surface area contributed by atoms with Crippen molar-refractivity contribution >= 4 is 17.5 Å². The summed E-state index contributed by atoms with van der Waals surface area (Å²) < 4.78 is 0. The van der Waals surface area contributed by atoms with Gasteiger partial charge in [0.15, 0.2) is 0 Å². The first-order valence-corrected chi connectivity index (χ1v) is 7.49. The van der Waals surface area contributed by atoms with Gasteiger partial charge in [-0.2, -0.15) is 0 Å². The molecule has 120 valence electrons. The number of nitrogens with two attached hydrogens (primary N) is 1. The van der Waals surface area contributed by atoms with E-state index in [0.29, 0.717) is 24.1 Å². The fraction of sp³-hybridized carbons (Fsp3) is 0.222. The Morgan fingerprint density at radius 3 is 2.48 bits per heavy atom. The molecular formula is C18H21N3O2. The van der Waals surface area contributed by atoms with Crippen molar-refractivity contribution in [3.8, 4) is 0 Å². The monoisotopic (exact) mass is 311 g/mol. The second-order valence-electron chi connectivity index (χ2n) is 5.26. The molecule has 0 fully saturated rings. The van der Waals surface area contributed by atoms with Crippen molar-refractivity contribution < 1.29 is 9.59 Å². The van der Waals surface area contributed by atoms with Crippen molar-refractivity contribution in [2.75, 3.05) is 18.9 Å². The van der Waals surface area contributed by atoms with Gasteiger partial charge >= 0.3 is 0 Å². The molecule has 0 aliphatic heterocycles. The van der Waals surface area contributed by atoms with E-state index < -0.39 is 0 Å². The van der Waals surface area contributed by atoms with E-state index in [0.717, 1.165) is 16.8 Å². The zero-order valence-corrected chi connectivity index (χ0v) is 13.3. The highest BCUT2D eigenvalue weighted by molar-refractivity contribution is 6.05. The van der Waals surface area contributed by atoms with Crippen molar-refractivity contribution in [3.63, 3.8) is 0 Å². The van der Waals surface area contributed by atoms with Crippen molar-refractivity contribution in [2.24, 2.45) is 5.73 Å². The zero-order chi connectivity index (χ0) is 16.8. The summed E-state index contributed by atoms with van der Waals surface area (Å²) in [5.41, 5.74) is 9.19. The molecule has 0 aliphatic carbocycles. The average molecular weight is 311 g/mol. The van der Waals surface area contributed by atoms with Crippen molar-refractivity contribution in [1.29, 1.82) is 0 Å². The van der Waals surface area contributed by atoms with E-state index in [1.807, 2.05) is 31.2 Å². The highest BCUT2D eigenvalue weighted by Crippen LogP contribution is 2.18. The van der Waals surface area contributed by atoms with Gasteiger partial charge in [0.05, 0.1) is 0 Å². The fourth-order valence-corrected chi connectivity index (χ4v) is 2.40. The molecule has 2 amide bonds. The van der Waals surface area contributed by atoms with Crippen molar-refractivity contribution in [1.82, 2.24) is 5.32 Å². The minimum Gasteiger partial charge on any atom is -0.355 e. The molecule has 2 rings (SSSR count). The molecule has 0 aliphatic rings. The van der Waals surface area contributed by atoms with Gasteiger partial charge in [0.2, 0.25) is 0 Å². The van der Waals surface area contributed by atoms with Crippen molar-refractivity contribution in [2.45, 2.75) is 13.3 Å². The first-order chi connectivity index (χ1) is 11.1. The Kier molecular flexibility index (Phi) is 5.49. The van der Waals surface area contributed by atoms with Gasteiger partial charge in [0.1, 0.15) is 0 Å². The number of rotatable bonds is 5. The Morgan fingerprint density at radius 2 is 1.83 bits per heavy atom. The molecule has 0 aromatic heterocycles. The summed E-state index contributed by atoms with van der Waals surface area (Å²) in [5, 5.41) is 5.49. The van der Waals surface area contributed by atoms with Crippen molar-refractivity contribution in [3.05, 3.63) is 64.7 Å². The lowest BCUT2D eigenvalue weighted by Gasteiger charge is -2.11. The number of carbonyl (C=O) groups is 2. The molecule has 0 radical (unpaired) electrons. The molecule has 2 aromatic carbocycles. The molecule has 5 heteroatoms. The first-order valence-electron chi connectivity index (χ1n) is 7.49. The SMILES string of the molecule is CNC(=O)c1ccc(C(=O)Nc2ccccc2CCN)cc1C. The third kappa shape index (κ3) is 3.96. The average Bonchev–Trinajstić information content (AvgIpc) is 2.56. The summed E-state index contributed by atoms with van der Waals surface area (Å²) in [5.74, 6) is -0.372. The van der Waals surface area contributed by atoms with Crippen LogP contribution in [0, 0.1) is 6.92 Å². The van der Waals surface area contributed by atoms with Gasteiger partial charge in [-0.25, -0.2) is 0 Å². The van der Waals surface area contributed by atoms with E-state index in [2.05, 4.69) is 10.6 Å². The first kappa shape index (κ1) is 16.7. The lowest BCUT2D eigenvalue weighted by atomic mass is 10.0. The quantitative estimate of drug-likeness (QED) is 0.790. The number of para-hydroxylation sites is 1. The van der Waals surface area contributed by atoms with E-state index in [-0.39, 0.29) is 11.8 Å². The molecule has 0 saturated carbocycles. The summed E-state index contributed by atoms with van der Waals surface area (Å²) >= 11 is 0. The summed E-state index contributed by atoms with van der Waals surface area (Å²) in [4.78, 5) is 24.1. The van der Waals surface area contributed by atoms with E-state index in [1.165, 1.54) is 0 Å². The Labute approximate surface area is 135 Å². The summed E-state index contributed by atoms with van der Waals surface area (Å²) in [6.07, 6.45) is 0.699. The Balaban J connectivity index is 2.22. The van der Waals surface area contributed by atoms with Gasteiger partial charge in [-0.1, -0.05) is 18.2 Å². The number of hydrogen-bond donors (Lipinski definition) is 3. The maximum atomic E-state index is 12.4. The van der Waals surface area contributed by atoms with Gasteiger partial charge in [-0.15, -0.1) is 0 Å². The summed E-state index contributed by atoms with van der Waals surface area (Å²) in [6.45, 7) is 2.33. The number of carbonyl (C=O) groups excluding carboxylic acids is 2. The second-order valence-corrected chi connectivity index (χ2v) is 5.26. The van der Waals surface area contributed by atoms with E-state index >= 15 is 0 Å². The summed E-state index contributed by atoms with van der Waals surface area (Å²) in [6, 6.07) is 12.6. The van der Waals surface area contributed by atoms with E-state index in [1.54, 1.807) is 25.2 Å². The summed E-state index contributed by atoms with van der Waals surface area (Å²) in [7, 11) is 1.58. The van der Waals surface area contributed by atoms with Crippen LogP contribution in [0.2, 0.25) is 0 Å². The molecular weight excluding hydrogens is 290 g/mol. The largest absolute Gasteiger partial charge is 0.355 e. The Hall–Kier alpha value is -2.66. The predicted molar refractivity (Wildman–Crippen MR) is 91.7 cm³/mol. The second kappa shape index (κ2) is 7.56. The lowest BCUT2D eigenvalue weighted by Crippen LogP contribution is -2.20. The number of hydrogen-bond acceptors (Lipinski definition) is 3. The molecule has 0 atom stereocenters. The van der Waals surface area contributed by atoms with E-state index in [9.17, 15) is 9.59 Å². The molecule has 0 heterocycles. The fourth-order valence-electron chi connectivity index (χ4n) is 2.40. The highest BCUT2D eigenvalue weighted by Gasteiger charge is 2.12.